The Morgan fingerprint density at radius 1 is 1.10 bits per heavy atom. The highest BCUT2D eigenvalue weighted by atomic mass is 19.4. The molecule has 0 radical (unpaired) electrons. The average Bonchev–Trinajstić information content (AvgIpc) is 2.72. The van der Waals surface area contributed by atoms with Gasteiger partial charge in [-0.05, 0) is 60.8 Å². The number of alkyl halides is 3. The highest BCUT2D eigenvalue weighted by Gasteiger charge is 2.32. The summed E-state index contributed by atoms with van der Waals surface area (Å²) < 4.78 is 44.2. The highest BCUT2D eigenvalue weighted by Crippen LogP contribution is 2.35. The second kappa shape index (κ2) is 9.56. The summed E-state index contributed by atoms with van der Waals surface area (Å²) in [6, 6.07) is 13.5. The summed E-state index contributed by atoms with van der Waals surface area (Å²) in [6.45, 7) is 6.97. The minimum atomic E-state index is -4.34. The topological polar surface area (TPSA) is 15.7 Å². The van der Waals surface area contributed by atoms with Gasteiger partial charge >= 0.3 is 6.18 Å². The first-order valence-electron chi connectivity index (χ1n) is 10.2. The minimum Gasteiger partial charge on any atom is -0.493 e. The van der Waals surface area contributed by atoms with Gasteiger partial charge in [0.2, 0.25) is 0 Å². The number of likely N-dealkylation sites (tertiary alicyclic amines) is 1. The first-order valence-corrected chi connectivity index (χ1v) is 10.2. The van der Waals surface area contributed by atoms with Crippen LogP contribution in [0.1, 0.15) is 23.5 Å². The zero-order valence-corrected chi connectivity index (χ0v) is 17.5. The maximum Gasteiger partial charge on any atom is 0.416 e. The fourth-order valence-corrected chi connectivity index (χ4v) is 4.03. The Labute approximate surface area is 176 Å². The van der Waals surface area contributed by atoms with E-state index >= 15 is 0 Å². The van der Waals surface area contributed by atoms with Crippen molar-refractivity contribution in [3.8, 4) is 5.75 Å². The Balaban J connectivity index is 1.72. The Bertz CT molecular complexity index is 816. The molecule has 0 spiro atoms. The van der Waals surface area contributed by atoms with E-state index < -0.39 is 11.7 Å². The van der Waals surface area contributed by atoms with Crippen molar-refractivity contribution in [2.24, 2.45) is 5.92 Å². The van der Waals surface area contributed by atoms with Gasteiger partial charge in [-0.3, -0.25) is 4.90 Å². The zero-order valence-electron chi connectivity index (χ0n) is 17.5. The maximum absolute atomic E-state index is 12.8. The number of benzene rings is 2. The monoisotopic (exact) mass is 418 g/mol. The predicted molar refractivity (Wildman–Crippen MR) is 115 cm³/mol. The van der Waals surface area contributed by atoms with Gasteiger partial charge in [-0.2, -0.15) is 13.2 Å². The lowest BCUT2D eigenvalue weighted by molar-refractivity contribution is -0.137. The van der Waals surface area contributed by atoms with E-state index in [9.17, 15) is 13.2 Å². The Kier molecular flexibility index (Phi) is 7.08. The highest BCUT2D eigenvalue weighted by molar-refractivity contribution is 5.46. The zero-order chi connectivity index (χ0) is 21.7. The Morgan fingerprint density at radius 2 is 1.77 bits per heavy atom. The fraction of sp³-hybridized carbons (Fsp3) is 0.417. The number of ether oxygens (including phenoxy) is 1. The molecule has 0 aromatic heterocycles. The van der Waals surface area contributed by atoms with Crippen molar-refractivity contribution < 1.29 is 17.9 Å². The molecule has 2 aromatic rings. The number of hydrogen-bond acceptors (Lipinski definition) is 3. The van der Waals surface area contributed by atoms with Crippen LogP contribution in [0.3, 0.4) is 0 Å². The molecule has 2 unspecified atom stereocenters. The van der Waals surface area contributed by atoms with Gasteiger partial charge in [-0.1, -0.05) is 18.2 Å². The van der Waals surface area contributed by atoms with Crippen LogP contribution in [0, 0.1) is 5.92 Å². The summed E-state index contributed by atoms with van der Waals surface area (Å²) in [4.78, 5) is 4.42. The van der Waals surface area contributed by atoms with Gasteiger partial charge in [-0.15, -0.1) is 6.58 Å². The van der Waals surface area contributed by atoms with Gasteiger partial charge in [-0.25, -0.2) is 0 Å². The van der Waals surface area contributed by atoms with E-state index in [1.807, 2.05) is 20.2 Å². The molecule has 0 N–H and O–H groups in total. The molecule has 1 saturated heterocycles. The summed E-state index contributed by atoms with van der Waals surface area (Å²) in [5, 5.41) is 0. The number of rotatable bonds is 7. The van der Waals surface area contributed by atoms with Crippen LogP contribution in [0.2, 0.25) is 0 Å². The van der Waals surface area contributed by atoms with Crippen LogP contribution in [-0.4, -0.2) is 45.2 Å². The molecule has 2 atom stereocenters. The van der Waals surface area contributed by atoms with Gasteiger partial charge in [0.25, 0.3) is 0 Å². The molecule has 2 aromatic carbocycles. The average molecular weight is 419 g/mol. The summed E-state index contributed by atoms with van der Waals surface area (Å²) in [6.07, 6.45) is -1.42. The number of halogens is 3. The van der Waals surface area contributed by atoms with Gasteiger partial charge < -0.3 is 9.64 Å². The molecule has 0 aliphatic carbocycles. The molecule has 1 aliphatic heterocycles. The standard InChI is InChI=1S/C24H29F3N2O/c1-4-14-29-15-13-23(18-5-9-21(10-6-18)28(2)3)19(16-29)17-30-22-11-7-20(8-12-22)24(25,26)27/h4-12,19,23H,1,13-17H2,2-3H3. The molecule has 162 valence electrons. The maximum atomic E-state index is 12.8. The van der Waals surface area contributed by atoms with Gasteiger partial charge in [0.1, 0.15) is 5.75 Å². The summed E-state index contributed by atoms with van der Waals surface area (Å²) >= 11 is 0. The van der Waals surface area contributed by atoms with Crippen molar-refractivity contribution >= 4 is 5.69 Å². The molecule has 30 heavy (non-hydrogen) atoms. The van der Waals surface area contributed by atoms with E-state index in [0.29, 0.717) is 18.3 Å². The van der Waals surface area contributed by atoms with Crippen LogP contribution in [0.25, 0.3) is 0 Å². The summed E-state index contributed by atoms with van der Waals surface area (Å²) in [7, 11) is 4.03. The lowest BCUT2D eigenvalue weighted by Gasteiger charge is -2.38. The molecule has 3 nitrogen and oxygen atoms in total. The van der Waals surface area contributed by atoms with E-state index in [2.05, 4.69) is 40.6 Å². The van der Waals surface area contributed by atoms with Crippen LogP contribution in [-0.2, 0) is 6.18 Å². The van der Waals surface area contributed by atoms with E-state index in [4.69, 9.17) is 4.74 Å². The van der Waals surface area contributed by atoms with Gasteiger partial charge in [0, 0.05) is 38.8 Å². The molecule has 0 bridgehead atoms. The van der Waals surface area contributed by atoms with Crippen LogP contribution in [0.5, 0.6) is 5.75 Å². The number of anilines is 1. The fourth-order valence-electron chi connectivity index (χ4n) is 4.03. The van der Waals surface area contributed by atoms with E-state index in [1.165, 1.54) is 17.7 Å². The van der Waals surface area contributed by atoms with Crippen LogP contribution >= 0.6 is 0 Å². The largest absolute Gasteiger partial charge is 0.493 e. The second-order valence-corrected chi connectivity index (χ2v) is 8.02. The molecule has 1 fully saturated rings. The smallest absolute Gasteiger partial charge is 0.416 e. The quantitative estimate of drug-likeness (QED) is 0.557. The number of nitrogens with zero attached hydrogens (tertiary/aromatic N) is 2. The SMILES string of the molecule is C=CCN1CCC(c2ccc(N(C)C)cc2)C(COc2ccc(C(F)(F)F)cc2)C1. The predicted octanol–water partition coefficient (Wildman–Crippen LogP) is 5.44. The molecular weight excluding hydrogens is 389 g/mol. The van der Waals surface area contributed by atoms with Crippen molar-refractivity contribution in [2.45, 2.75) is 18.5 Å². The molecular formula is C24H29F3N2O. The first-order chi connectivity index (χ1) is 14.3. The van der Waals surface area contributed by atoms with Crippen molar-refractivity contribution in [3.63, 3.8) is 0 Å². The minimum absolute atomic E-state index is 0.242. The van der Waals surface area contributed by atoms with Crippen molar-refractivity contribution in [3.05, 3.63) is 72.3 Å². The molecule has 6 heteroatoms. The Hall–Kier alpha value is -2.47. The van der Waals surface area contributed by atoms with E-state index in [-0.39, 0.29) is 5.92 Å². The number of piperidine rings is 1. The van der Waals surface area contributed by atoms with Gasteiger partial charge in [0.15, 0.2) is 0 Å². The molecule has 3 rings (SSSR count). The van der Waals surface area contributed by atoms with Crippen LogP contribution < -0.4 is 9.64 Å². The van der Waals surface area contributed by atoms with Gasteiger partial charge in [0.05, 0.1) is 12.2 Å². The lowest BCUT2D eigenvalue weighted by Crippen LogP contribution is -2.41. The third-order valence-electron chi connectivity index (χ3n) is 5.69. The van der Waals surface area contributed by atoms with E-state index in [0.717, 1.165) is 43.9 Å². The molecule has 0 saturated carbocycles. The molecule has 1 aliphatic rings. The molecule has 0 amide bonds. The third kappa shape index (κ3) is 5.57. The lowest BCUT2D eigenvalue weighted by atomic mass is 9.80. The Morgan fingerprint density at radius 3 is 2.33 bits per heavy atom. The van der Waals surface area contributed by atoms with Crippen molar-refractivity contribution in [2.75, 3.05) is 45.2 Å². The van der Waals surface area contributed by atoms with Crippen LogP contribution in [0.4, 0.5) is 18.9 Å². The van der Waals surface area contributed by atoms with E-state index in [1.54, 1.807) is 0 Å². The normalized spacial score (nSPS) is 20.0. The second-order valence-electron chi connectivity index (χ2n) is 8.02. The van der Waals surface area contributed by atoms with Crippen molar-refractivity contribution in [1.29, 1.82) is 0 Å². The number of hydrogen-bond donors (Lipinski definition) is 0. The van der Waals surface area contributed by atoms with Crippen LogP contribution in [0.15, 0.2) is 61.2 Å². The molecule has 1 heterocycles. The third-order valence-corrected chi connectivity index (χ3v) is 5.69. The van der Waals surface area contributed by atoms with Crippen molar-refractivity contribution in [1.82, 2.24) is 4.90 Å². The summed E-state index contributed by atoms with van der Waals surface area (Å²) in [5.41, 5.74) is 1.77. The first kappa shape index (κ1) is 22.2. The summed E-state index contributed by atoms with van der Waals surface area (Å²) in [5.74, 6) is 1.05.